The van der Waals surface area contributed by atoms with Crippen LogP contribution in [-0.2, 0) is 22.7 Å². The molecule has 178 valence electrons. The quantitative estimate of drug-likeness (QED) is 0.410. The fraction of sp³-hybridized carbons (Fsp3) is 0.357. The van der Waals surface area contributed by atoms with Gasteiger partial charge in [-0.3, -0.25) is 9.69 Å². The minimum absolute atomic E-state index is 0.144. The predicted octanol–water partition coefficient (Wildman–Crippen LogP) is 6.39. The number of rotatable bonds is 8. The molecule has 6 heteroatoms. The van der Waals surface area contributed by atoms with Crippen LogP contribution in [0.15, 0.2) is 72.1 Å². The highest BCUT2D eigenvalue weighted by atomic mass is 32.1. The standard InChI is InChI=1S/C28H32N2O3S/c1-21-11-8-9-17-25(21)26(27(31)29-23-14-6-3-7-15-23)30(19-24-16-10-18-34-24)28(32)33-20-22-12-4-2-5-13-22/h2,4-5,8-13,16-18,23,26H,3,6-7,14-15,19-20H2,1H3,(H,29,31). The maximum Gasteiger partial charge on any atom is 0.411 e. The highest BCUT2D eigenvalue weighted by Crippen LogP contribution is 2.29. The van der Waals surface area contributed by atoms with E-state index in [2.05, 4.69) is 5.32 Å². The Hall–Kier alpha value is -3.12. The van der Waals surface area contributed by atoms with Crippen LogP contribution in [0.3, 0.4) is 0 Å². The number of nitrogens with one attached hydrogen (secondary N) is 1. The molecule has 0 aliphatic heterocycles. The molecule has 1 aromatic heterocycles. The Morgan fingerprint density at radius 3 is 2.44 bits per heavy atom. The third-order valence-electron chi connectivity index (χ3n) is 6.34. The van der Waals surface area contributed by atoms with Crippen LogP contribution < -0.4 is 5.32 Å². The summed E-state index contributed by atoms with van der Waals surface area (Å²) < 4.78 is 5.73. The lowest BCUT2D eigenvalue weighted by Crippen LogP contribution is -2.47. The van der Waals surface area contributed by atoms with Gasteiger partial charge < -0.3 is 10.1 Å². The van der Waals surface area contributed by atoms with Crippen LogP contribution in [0.5, 0.6) is 0 Å². The van der Waals surface area contributed by atoms with E-state index in [-0.39, 0.29) is 18.6 Å². The van der Waals surface area contributed by atoms with Gasteiger partial charge in [-0.1, -0.05) is 79.9 Å². The zero-order valence-electron chi connectivity index (χ0n) is 19.6. The molecule has 0 saturated heterocycles. The fourth-order valence-corrected chi connectivity index (χ4v) is 5.21. The van der Waals surface area contributed by atoms with Crippen molar-refractivity contribution in [2.45, 2.75) is 64.3 Å². The molecule has 2 aromatic carbocycles. The van der Waals surface area contributed by atoms with Gasteiger partial charge in [0.2, 0.25) is 5.91 Å². The van der Waals surface area contributed by atoms with Gasteiger partial charge in [0.25, 0.3) is 0 Å². The first kappa shape index (κ1) is 24.0. The van der Waals surface area contributed by atoms with Crippen molar-refractivity contribution in [2.75, 3.05) is 0 Å². The van der Waals surface area contributed by atoms with E-state index in [9.17, 15) is 9.59 Å². The first-order valence-electron chi connectivity index (χ1n) is 12.0. The molecule has 1 heterocycles. The van der Waals surface area contributed by atoms with Gasteiger partial charge in [-0.15, -0.1) is 11.3 Å². The molecule has 34 heavy (non-hydrogen) atoms. The zero-order valence-corrected chi connectivity index (χ0v) is 20.4. The number of nitrogens with zero attached hydrogens (tertiary/aromatic N) is 1. The Bertz CT molecular complexity index is 1060. The Labute approximate surface area is 205 Å². The van der Waals surface area contributed by atoms with Crippen LogP contribution in [0.1, 0.15) is 59.7 Å². The highest BCUT2D eigenvalue weighted by molar-refractivity contribution is 7.09. The average molecular weight is 477 g/mol. The second kappa shape index (κ2) is 11.8. The summed E-state index contributed by atoms with van der Waals surface area (Å²) in [6.07, 6.45) is 4.93. The minimum Gasteiger partial charge on any atom is -0.445 e. The van der Waals surface area contributed by atoms with E-state index >= 15 is 0 Å². The van der Waals surface area contributed by atoms with Gasteiger partial charge in [0, 0.05) is 10.9 Å². The second-order valence-electron chi connectivity index (χ2n) is 8.85. The van der Waals surface area contributed by atoms with Crippen molar-refractivity contribution in [1.82, 2.24) is 10.2 Å². The summed E-state index contributed by atoms with van der Waals surface area (Å²) in [5.41, 5.74) is 2.70. The SMILES string of the molecule is Cc1ccccc1C(C(=O)NC1CCCCC1)N(Cc1cccs1)C(=O)OCc1ccccc1. The lowest BCUT2D eigenvalue weighted by Gasteiger charge is -2.33. The molecule has 0 radical (unpaired) electrons. The summed E-state index contributed by atoms with van der Waals surface area (Å²) in [6, 6.07) is 20.7. The molecule has 1 fully saturated rings. The molecule has 2 amide bonds. The number of aryl methyl sites for hydroxylation is 1. The molecule has 1 saturated carbocycles. The van der Waals surface area contributed by atoms with Gasteiger partial charge >= 0.3 is 6.09 Å². The van der Waals surface area contributed by atoms with Crippen LogP contribution in [0, 0.1) is 6.92 Å². The van der Waals surface area contributed by atoms with Crippen molar-refractivity contribution in [3.05, 3.63) is 93.7 Å². The average Bonchev–Trinajstić information content (AvgIpc) is 3.38. The van der Waals surface area contributed by atoms with Gasteiger partial charge in [-0.2, -0.15) is 0 Å². The maximum atomic E-state index is 13.8. The smallest absolute Gasteiger partial charge is 0.411 e. The third-order valence-corrected chi connectivity index (χ3v) is 7.20. The maximum absolute atomic E-state index is 13.8. The molecule has 1 unspecified atom stereocenters. The molecule has 3 aromatic rings. The summed E-state index contributed by atoms with van der Waals surface area (Å²) in [6.45, 7) is 2.45. The highest BCUT2D eigenvalue weighted by Gasteiger charge is 2.35. The van der Waals surface area contributed by atoms with Crippen LogP contribution >= 0.6 is 11.3 Å². The second-order valence-corrected chi connectivity index (χ2v) is 9.88. The number of amides is 2. The molecule has 1 atom stereocenters. The van der Waals surface area contributed by atoms with Gasteiger partial charge in [0.15, 0.2) is 0 Å². The summed E-state index contributed by atoms with van der Waals surface area (Å²) in [5, 5.41) is 5.23. The van der Waals surface area contributed by atoms with Gasteiger partial charge in [0.1, 0.15) is 12.6 Å². The largest absolute Gasteiger partial charge is 0.445 e. The zero-order chi connectivity index (χ0) is 23.8. The van der Waals surface area contributed by atoms with E-state index in [1.54, 1.807) is 16.2 Å². The number of hydrogen-bond donors (Lipinski definition) is 1. The summed E-state index contributed by atoms with van der Waals surface area (Å²) >= 11 is 1.57. The Morgan fingerprint density at radius 2 is 1.74 bits per heavy atom. The molecule has 4 rings (SSSR count). The van der Waals surface area contributed by atoms with Crippen LogP contribution in [0.25, 0.3) is 0 Å². The van der Waals surface area contributed by atoms with Crippen molar-refractivity contribution >= 4 is 23.3 Å². The van der Waals surface area contributed by atoms with E-state index in [1.165, 1.54) is 6.42 Å². The molecule has 1 aliphatic rings. The molecule has 5 nitrogen and oxygen atoms in total. The number of thiophene rings is 1. The van der Waals surface area contributed by atoms with Crippen molar-refractivity contribution in [2.24, 2.45) is 0 Å². The lowest BCUT2D eigenvalue weighted by molar-refractivity contribution is -0.127. The van der Waals surface area contributed by atoms with Gasteiger partial charge in [-0.25, -0.2) is 4.79 Å². The monoisotopic (exact) mass is 476 g/mol. The van der Waals surface area contributed by atoms with Crippen LogP contribution in [0.2, 0.25) is 0 Å². The topological polar surface area (TPSA) is 58.6 Å². The van der Waals surface area contributed by atoms with Crippen molar-refractivity contribution in [3.8, 4) is 0 Å². The molecular weight excluding hydrogens is 444 g/mol. The van der Waals surface area contributed by atoms with Crippen molar-refractivity contribution < 1.29 is 14.3 Å². The molecule has 0 spiro atoms. The first-order valence-corrected chi connectivity index (χ1v) is 12.9. The number of ether oxygens (including phenoxy) is 1. The Kier molecular flexibility index (Phi) is 8.36. The van der Waals surface area contributed by atoms with Crippen LogP contribution in [0.4, 0.5) is 4.79 Å². The van der Waals surface area contributed by atoms with E-state index in [0.29, 0.717) is 6.54 Å². The van der Waals surface area contributed by atoms with Gasteiger partial charge in [-0.05, 0) is 47.9 Å². The number of carbonyl (C=O) groups excluding carboxylic acids is 2. The predicted molar refractivity (Wildman–Crippen MR) is 135 cm³/mol. The summed E-state index contributed by atoms with van der Waals surface area (Å²) in [4.78, 5) is 29.8. The van der Waals surface area contributed by atoms with E-state index < -0.39 is 12.1 Å². The molecule has 1 N–H and O–H groups in total. The summed E-state index contributed by atoms with van der Waals surface area (Å²) in [5.74, 6) is -0.144. The third kappa shape index (κ3) is 6.26. The van der Waals surface area contributed by atoms with E-state index in [4.69, 9.17) is 4.74 Å². The number of hydrogen-bond acceptors (Lipinski definition) is 4. The van der Waals surface area contributed by atoms with Gasteiger partial charge in [0.05, 0.1) is 6.54 Å². The van der Waals surface area contributed by atoms with Crippen LogP contribution in [-0.4, -0.2) is 22.9 Å². The molecule has 0 bridgehead atoms. The van der Waals surface area contributed by atoms with E-state index in [0.717, 1.165) is 47.3 Å². The Balaban J connectivity index is 1.63. The molecular formula is C28H32N2O3S. The lowest BCUT2D eigenvalue weighted by atomic mass is 9.94. The van der Waals surface area contributed by atoms with Crippen molar-refractivity contribution in [1.29, 1.82) is 0 Å². The minimum atomic E-state index is -0.770. The number of benzene rings is 2. The van der Waals surface area contributed by atoms with Crippen molar-refractivity contribution in [3.63, 3.8) is 0 Å². The fourth-order valence-electron chi connectivity index (χ4n) is 4.51. The number of carbonyl (C=O) groups is 2. The molecule has 1 aliphatic carbocycles. The Morgan fingerprint density at radius 1 is 1.00 bits per heavy atom. The normalized spacial score (nSPS) is 14.9. The first-order chi connectivity index (χ1) is 16.6. The summed E-state index contributed by atoms with van der Waals surface area (Å²) in [7, 11) is 0. The van der Waals surface area contributed by atoms with E-state index in [1.807, 2.05) is 79.0 Å².